The molecule has 3 nitrogen and oxygen atoms in total. The van der Waals surface area contributed by atoms with Crippen molar-refractivity contribution in [2.45, 2.75) is 45.7 Å². The van der Waals surface area contributed by atoms with Gasteiger partial charge in [0.2, 0.25) is 5.91 Å². The van der Waals surface area contributed by atoms with Crippen LogP contribution >= 0.6 is 11.3 Å². The van der Waals surface area contributed by atoms with Gasteiger partial charge in [0.1, 0.15) is 0 Å². The lowest BCUT2D eigenvalue weighted by atomic mass is 10.1. The Morgan fingerprint density at radius 3 is 2.65 bits per heavy atom. The second kappa shape index (κ2) is 7.45. The van der Waals surface area contributed by atoms with E-state index in [1.165, 1.54) is 5.56 Å². The lowest BCUT2D eigenvalue weighted by Crippen LogP contribution is -2.40. The van der Waals surface area contributed by atoms with E-state index >= 15 is 0 Å². The molecule has 1 amide bonds. The van der Waals surface area contributed by atoms with Gasteiger partial charge in [-0.15, -0.1) is 0 Å². The largest absolute Gasteiger partial charge is 0.352 e. The molecule has 1 aromatic rings. The van der Waals surface area contributed by atoms with Gasteiger partial charge in [-0.1, -0.05) is 13.8 Å². The van der Waals surface area contributed by atoms with Gasteiger partial charge in [-0.3, -0.25) is 4.79 Å². The molecule has 0 aromatic carbocycles. The lowest BCUT2D eigenvalue weighted by molar-refractivity contribution is -0.121. The third-order valence-corrected chi connectivity index (χ3v) is 3.66. The summed E-state index contributed by atoms with van der Waals surface area (Å²) in [4.78, 5) is 11.7. The van der Waals surface area contributed by atoms with E-state index in [9.17, 15) is 4.79 Å². The predicted molar refractivity (Wildman–Crippen MR) is 73.2 cm³/mol. The van der Waals surface area contributed by atoms with Crippen LogP contribution in [0.2, 0.25) is 0 Å². The van der Waals surface area contributed by atoms with Crippen molar-refractivity contribution in [3.63, 3.8) is 0 Å². The quantitative estimate of drug-likeness (QED) is 0.785. The standard InChI is InChI=1S/C13H22N2OS/c1-4-12(5-2)15-13(16)8-14-10(3)11-6-7-17-9-11/h6-7,9-10,12,14H,4-5,8H2,1-3H3,(H,15,16). The highest BCUT2D eigenvalue weighted by Gasteiger charge is 2.10. The number of carbonyl (C=O) groups is 1. The first-order chi connectivity index (χ1) is 8.17. The normalized spacial score (nSPS) is 12.7. The predicted octanol–water partition coefficient (Wildman–Crippen LogP) is 2.70. The zero-order valence-corrected chi connectivity index (χ0v) is 11.6. The van der Waals surface area contributed by atoms with E-state index in [-0.39, 0.29) is 11.9 Å². The molecule has 96 valence electrons. The van der Waals surface area contributed by atoms with E-state index in [2.05, 4.69) is 48.2 Å². The zero-order valence-electron chi connectivity index (χ0n) is 10.8. The van der Waals surface area contributed by atoms with Crippen LogP contribution in [0.3, 0.4) is 0 Å². The van der Waals surface area contributed by atoms with Crippen LogP contribution in [0.5, 0.6) is 0 Å². The highest BCUT2D eigenvalue weighted by Crippen LogP contribution is 2.14. The Morgan fingerprint density at radius 2 is 2.12 bits per heavy atom. The zero-order chi connectivity index (χ0) is 12.7. The fraction of sp³-hybridized carbons (Fsp3) is 0.615. The lowest BCUT2D eigenvalue weighted by Gasteiger charge is -2.17. The molecule has 2 N–H and O–H groups in total. The molecule has 0 aliphatic rings. The van der Waals surface area contributed by atoms with E-state index in [0.29, 0.717) is 12.6 Å². The molecule has 1 atom stereocenters. The van der Waals surface area contributed by atoms with Crippen molar-refractivity contribution >= 4 is 17.2 Å². The van der Waals surface area contributed by atoms with Gasteiger partial charge >= 0.3 is 0 Å². The van der Waals surface area contributed by atoms with E-state index in [0.717, 1.165) is 12.8 Å². The highest BCUT2D eigenvalue weighted by atomic mass is 32.1. The molecule has 1 unspecified atom stereocenters. The van der Waals surface area contributed by atoms with E-state index in [1.54, 1.807) is 11.3 Å². The summed E-state index contributed by atoms with van der Waals surface area (Å²) in [5.74, 6) is 0.0841. The second-order valence-electron chi connectivity index (χ2n) is 4.24. The number of thiophene rings is 1. The second-order valence-corrected chi connectivity index (χ2v) is 5.02. The van der Waals surface area contributed by atoms with Gasteiger partial charge in [-0.2, -0.15) is 11.3 Å². The maximum atomic E-state index is 11.7. The smallest absolute Gasteiger partial charge is 0.234 e. The van der Waals surface area contributed by atoms with Crippen LogP contribution in [-0.4, -0.2) is 18.5 Å². The number of hydrogen-bond donors (Lipinski definition) is 2. The van der Waals surface area contributed by atoms with Gasteiger partial charge in [0.15, 0.2) is 0 Å². The number of hydrogen-bond acceptors (Lipinski definition) is 3. The average Bonchev–Trinajstić information content (AvgIpc) is 2.86. The minimum atomic E-state index is 0.0841. The molecule has 0 fully saturated rings. The van der Waals surface area contributed by atoms with Gasteiger partial charge in [0.25, 0.3) is 0 Å². The molecule has 0 saturated carbocycles. The first kappa shape index (κ1) is 14.2. The van der Waals surface area contributed by atoms with E-state index in [4.69, 9.17) is 0 Å². The molecule has 1 rings (SSSR count). The summed E-state index contributed by atoms with van der Waals surface area (Å²) in [6, 6.07) is 2.62. The van der Waals surface area contributed by atoms with Crippen LogP contribution in [0, 0.1) is 0 Å². The first-order valence-corrected chi connectivity index (χ1v) is 7.16. The van der Waals surface area contributed by atoms with Crippen molar-refractivity contribution < 1.29 is 4.79 Å². The fourth-order valence-electron chi connectivity index (χ4n) is 1.66. The first-order valence-electron chi connectivity index (χ1n) is 6.22. The van der Waals surface area contributed by atoms with Gasteiger partial charge < -0.3 is 10.6 Å². The van der Waals surface area contributed by atoms with Gasteiger partial charge in [-0.25, -0.2) is 0 Å². The van der Waals surface area contributed by atoms with Gasteiger partial charge in [-0.05, 0) is 42.2 Å². The fourth-order valence-corrected chi connectivity index (χ4v) is 2.41. The molecule has 17 heavy (non-hydrogen) atoms. The van der Waals surface area contributed by atoms with Crippen molar-refractivity contribution in [2.24, 2.45) is 0 Å². The Balaban J connectivity index is 2.28. The summed E-state index contributed by atoms with van der Waals surface area (Å²) in [5.41, 5.74) is 1.24. The number of carbonyl (C=O) groups excluding carboxylic acids is 1. The van der Waals surface area contributed by atoms with E-state index < -0.39 is 0 Å². The van der Waals surface area contributed by atoms with Gasteiger partial charge in [0, 0.05) is 12.1 Å². The van der Waals surface area contributed by atoms with Crippen LogP contribution in [-0.2, 0) is 4.79 Å². The summed E-state index contributed by atoms with van der Waals surface area (Å²) >= 11 is 1.68. The van der Waals surface area contributed by atoms with Crippen LogP contribution in [0.15, 0.2) is 16.8 Å². The van der Waals surface area contributed by atoms with Crippen molar-refractivity contribution in [3.8, 4) is 0 Å². The van der Waals surface area contributed by atoms with Crippen molar-refractivity contribution in [2.75, 3.05) is 6.54 Å². The van der Waals surface area contributed by atoms with Gasteiger partial charge in [0.05, 0.1) is 6.54 Å². The molecule has 1 heterocycles. The Morgan fingerprint density at radius 1 is 1.41 bits per heavy atom. The molecule has 0 aliphatic heterocycles. The summed E-state index contributed by atoms with van der Waals surface area (Å²) in [6.45, 7) is 6.64. The van der Waals surface area contributed by atoms with E-state index in [1.807, 2.05) is 0 Å². The molecule has 0 spiro atoms. The van der Waals surface area contributed by atoms with Crippen LogP contribution in [0.25, 0.3) is 0 Å². The molecule has 0 bridgehead atoms. The number of nitrogens with one attached hydrogen (secondary N) is 2. The van der Waals surface area contributed by atoms with Crippen LogP contribution < -0.4 is 10.6 Å². The monoisotopic (exact) mass is 254 g/mol. The minimum Gasteiger partial charge on any atom is -0.352 e. The van der Waals surface area contributed by atoms with Crippen LogP contribution in [0.4, 0.5) is 0 Å². The summed E-state index contributed by atoms with van der Waals surface area (Å²) in [5, 5.41) is 10.4. The topological polar surface area (TPSA) is 41.1 Å². The Labute approximate surface area is 108 Å². The Kier molecular flexibility index (Phi) is 6.22. The molecule has 0 radical (unpaired) electrons. The summed E-state index contributed by atoms with van der Waals surface area (Å²) in [6.07, 6.45) is 1.98. The maximum Gasteiger partial charge on any atom is 0.234 e. The maximum absolute atomic E-state index is 11.7. The average molecular weight is 254 g/mol. The summed E-state index contributed by atoms with van der Waals surface area (Å²) in [7, 11) is 0. The molecular weight excluding hydrogens is 232 g/mol. The molecule has 1 aromatic heterocycles. The van der Waals surface area contributed by atoms with Crippen molar-refractivity contribution in [3.05, 3.63) is 22.4 Å². The van der Waals surface area contributed by atoms with Crippen molar-refractivity contribution in [1.82, 2.24) is 10.6 Å². The molecule has 0 aliphatic carbocycles. The SMILES string of the molecule is CCC(CC)NC(=O)CNC(C)c1ccsc1. The third kappa shape index (κ3) is 4.88. The molecule has 4 heteroatoms. The van der Waals surface area contributed by atoms with Crippen LogP contribution in [0.1, 0.15) is 45.2 Å². The number of rotatable bonds is 7. The molecule has 0 saturated heterocycles. The number of amides is 1. The Bertz CT molecular complexity index is 320. The summed E-state index contributed by atoms with van der Waals surface area (Å²) < 4.78 is 0. The third-order valence-electron chi connectivity index (χ3n) is 2.96. The van der Waals surface area contributed by atoms with Crippen molar-refractivity contribution in [1.29, 1.82) is 0 Å². The Hall–Kier alpha value is -0.870. The highest BCUT2D eigenvalue weighted by molar-refractivity contribution is 7.07. The molecular formula is C13H22N2OS. The minimum absolute atomic E-state index is 0.0841.